The summed E-state index contributed by atoms with van der Waals surface area (Å²) in [5.41, 5.74) is 3.23. The van der Waals surface area contributed by atoms with Crippen LogP contribution in [-0.2, 0) is 5.75 Å². The number of hydrogen-bond donors (Lipinski definition) is 1. The van der Waals surface area contributed by atoms with E-state index < -0.39 is 5.97 Å². The molecule has 2 aromatic rings. The average molecular weight is 274 g/mol. The number of aromatic nitrogens is 2. The predicted molar refractivity (Wildman–Crippen MR) is 74.5 cm³/mol. The van der Waals surface area contributed by atoms with E-state index in [0.717, 1.165) is 16.4 Å². The zero-order valence-corrected chi connectivity index (χ0v) is 11.6. The number of carbonyl (C=O) groups is 1. The van der Waals surface area contributed by atoms with Gasteiger partial charge in [-0.2, -0.15) is 0 Å². The van der Waals surface area contributed by atoms with Crippen molar-refractivity contribution in [2.75, 3.05) is 0 Å². The first-order valence-corrected chi connectivity index (χ1v) is 6.79. The molecule has 4 nitrogen and oxygen atoms in total. The van der Waals surface area contributed by atoms with Crippen LogP contribution in [0.4, 0.5) is 0 Å². The monoisotopic (exact) mass is 274 g/mol. The summed E-state index contributed by atoms with van der Waals surface area (Å²) in [7, 11) is 0. The fraction of sp³-hybridized carbons (Fsp3) is 0.214. The standard InChI is InChI=1S/C14H14N2O2S/c1-9-5-10(2)16-13(6-9)19-8-12-4-3-11(7-15-12)14(17)18/h3-7H,8H2,1-2H3,(H,17,18). The molecule has 0 radical (unpaired) electrons. The van der Waals surface area contributed by atoms with Crippen LogP contribution in [0.1, 0.15) is 27.3 Å². The van der Waals surface area contributed by atoms with Gasteiger partial charge in [0, 0.05) is 17.6 Å². The summed E-state index contributed by atoms with van der Waals surface area (Å²) >= 11 is 1.60. The molecule has 2 rings (SSSR count). The van der Waals surface area contributed by atoms with E-state index in [1.54, 1.807) is 23.9 Å². The maximum absolute atomic E-state index is 10.7. The maximum Gasteiger partial charge on any atom is 0.337 e. The Labute approximate surface area is 115 Å². The lowest BCUT2D eigenvalue weighted by atomic mass is 10.2. The summed E-state index contributed by atoms with van der Waals surface area (Å²) in [4.78, 5) is 19.3. The second-order valence-corrected chi connectivity index (χ2v) is 5.25. The van der Waals surface area contributed by atoms with Crippen LogP contribution in [-0.4, -0.2) is 21.0 Å². The molecule has 2 aromatic heterocycles. The Morgan fingerprint density at radius 2 is 2.11 bits per heavy atom. The number of carboxylic acids is 1. The predicted octanol–water partition coefficient (Wildman–Crippen LogP) is 3.08. The highest BCUT2D eigenvalue weighted by Crippen LogP contribution is 2.21. The van der Waals surface area contributed by atoms with Crippen molar-refractivity contribution >= 4 is 17.7 Å². The van der Waals surface area contributed by atoms with Gasteiger partial charge < -0.3 is 5.11 Å². The van der Waals surface area contributed by atoms with Crippen molar-refractivity contribution in [3.63, 3.8) is 0 Å². The number of aromatic carboxylic acids is 1. The molecule has 98 valence electrons. The molecule has 0 aliphatic heterocycles. The lowest BCUT2D eigenvalue weighted by molar-refractivity contribution is 0.0696. The number of rotatable bonds is 4. The highest BCUT2D eigenvalue weighted by atomic mass is 32.2. The molecule has 0 bridgehead atoms. The Bertz CT molecular complexity index is 577. The summed E-state index contributed by atoms with van der Waals surface area (Å²) in [5, 5.41) is 9.75. The summed E-state index contributed by atoms with van der Waals surface area (Å²) in [5.74, 6) is -0.279. The first kappa shape index (κ1) is 13.5. The van der Waals surface area contributed by atoms with Gasteiger partial charge in [0.25, 0.3) is 0 Å². The highest BCUT2D eigenvalue weighted by Gasteiger charge is 2.04. The van der Waals surface area contributed by atoms with E-state index in [9.17, 15) is 4.79 Å². The Balaban J connectivity index is 2.03. The zero-order valence-electron chi connectivity index (χ0n) is 10.8. The summed E-state index contributed by atoms with van der Waals surface area (Å²) < 4.78 is 0. The molecule has 0 atom stereocenters. The number of nitrogens with zero attached hydrogens (tertiary/aromatic N) is 2. The van der Waals surface area contributed by atoms with Crippen molar-refractivity contribution in [1.29, 1.82) is 0 Å². The molecule has 2 heterocycles. The first-order valence-electron chi connectivity index (χ1n) is 5.81. The average Bonchev–Trinajstić information content (AvgIpc) is 2.36. The van der Waals surface area contributed by atoms with Crippen molar-refractivity contribution in [2.45, 2.75) is 24.6 Å². The third-order valence-electron chi connectivity index (χ3n) is 2.51. The fourth-order valence-corrected chi connectivity index (χ4v) is 2.61. The smallest absolute Gasteiger partial charge is 0.337 e. The SMILES string of the molecule is Cc1cc(C)nc(SCc2ccc(C(=O)O)cn2)c1. The van der Waals surface area contributed by atoms with Crippen LogP contribution in [0.15, 0.2) is 35.5 Å². The molecule has 0 spiro atoms. The van der Waals surface area contributed by atoms with Gasteiger partial charge in [-0.25, -0.2) is 9.78 Å². The van der Waals surface area contributed by atoms with Gasteiger partial charge >= 0.3 is 5.97 Å². The molecule has 19 heavy (non-hydrogen) atoms. The van der Waals surface area contributed by atoms with Crippen LogP contribution in [0.25, 0.3) is 0 Å². The van der Waals surface area contributed by atoms with Gasteiger partial charge in [-0.1, -0.05) is 0 Å². The van der Waals surface area contributed by atoms with Gasteiger partial charge in [-0.15, -0.1) is 11.8 Å². The lowest BCUT2D eigenvalue weighted by Gasteiger charge is -2.04. The quantitative estimate of drug-likeness (QED) is 0.868. The largest absolute Gasteiger partial charge is 0.478 e. The molecule has 0 saturated carbocycles. The molecule has 5 heteroatoms. The Hall–Kier alpha value is -1.88. The molecule has 0 aromatic carbocycles. The minimum absolute atomic E-state index is 0.207. The number of pyridine rings is 2. The molecule has 0 fully saturated rings. The van der Waals surface area contributed by atoms with Crippen molar-refractivity contribution < 1.29 is 9.90 Å². The summed E-state index contributed by atoms with van der Waals surface area (Å²) in [6, 6.07) is 7.37. The molecule has 0 aliphatic carbocycles. The van der Waals surface area contributed by atoms with E-state index >= 15 is 0 Å². The van der Waals surface area contributed by atoms with Gasteiger partial charge in [0.15, 0.2) is 0 Å². The van der Waals surface area contributed by atoms with Gasteiger partial charge in [-0.05, 0) is 43.7 Å². The number of aryl methyl sites for hydroxylation is 2. The third-order valence-corrected chi connectivity index (χ3v) is 3.46. The van der Waals surface area contributed by atoms with Gasteiger partial charge in [0.1, 0.15) is 0 Å². The molecule has 0 unspecified atom stereocenters. The van der Waals surface area contributed by atoms with Gasteiger partial charge in [-0.3, -0.25) is 4.98 Å². The minimum Gasteiger partial charge on any atom is -0.478 e. The third kappa shape index (κ3) is 3.79. The lowest BCUT2D eigenvalue weighted by Crippen LogP contribution is -1.98. The van der Waals surface area contributed by atoms with E-state index in [0.29, 0.717) is 5.75 Å². The van der Waals surface area contributed by atoms with Crippen LogP contribution < -0.4 is 0 Å². The molecule has 0 amide bonds. The van der Waals surface area contributed by atoms with Crippen LogP contribution in [0.3, 0.4) is 0 Å². The van der Waals surface area contributed by atoms with Crippen LogP contribution in [0.5, 0.6) is 0 Å². The van der Waals surface area contributed by atoms with Crippen LogP contribution in [0.2, 0.25) is 0 Å². The van der Waals surface area contributed by atoms with E-state index in [-0.39, 0.29) is 5.56 Å². The van der Waals surface area contributed by atoms with Crippen molar-refractivity contribution in [1.82, 2.24) is 9.97 Å². The topological polar surface area (TPSA) is 63.1 Å². The number of carboxylic acid groups (broad SMARTS) is 1. The van der Waals surface area contributed by atoms with Crippen molar-refractivity contribution in [3.05, 3.63) is 53.0 Å². The molecule has 1 N–H and O–H groups in total. The van der Waals surface area contributed by atoms with Crippen LogP contribution >= 0.6 is 11.8 Å². The molecular weight excluding hydrogens is 260 g/mol. The first-order chi connectivity index (χ1) is 9.04. The highest BCUT2D eigenvalue weighted by molar-refractivity contribution is 7.98. The molecule has 0 saturated heterocycles. The van der Waals surface area contributed by atoms with E-state index in [4.69, 9.17) is 5.11 Å². The van der Waals surface area contributed by atoms with Gasteiger partial charge in [0.05, 0.1) is 16.3 Å². The minimum atomic E-state index is -0.956. The van der Waals surface area contributed by atoms with E-state index in [2.05, 4.69) is 9.97 Å². The Morgan fingerprint density at radius 1 is 1.32 bits per heavy atom. The normalized spacial score (nSPS) is 10.4. The summed E-state index contributed by atoms with van der Waals surface area (Å²) in [6.07, 6.45) is 1.38. The van der Waals surface area contributed by atoms with E-state index in [1.165, 1.54) is 11.8 Å². The van der Waals surface area contributed by atoms with Crippen LogP contribution in [0, 0.1) is 13.8 Å². The second kappa shape index (κ2) is 5.84. The summed E-state index contributed by atoms with van der Waals surface area (Å²) in [6.45, 7) is 4.01. The van der Waals surface area contributed by atoms with Gasteiger partial charge in [0.2, 0.25) is 0 Å². The zero-order chi connectivity index (χ0) is 13.8. The number of thioether (sulfide) groups is 1. The number of hydrogen-bond acceptors (Lipinski definition) is 4. The Kier molecular flexibility index (Phi) is 4.16. The molecular formula is C14H14N2O2S. The Morgan fingerprint density at radius 3 is 2.68 bits per heavy atom. The van der Waals surface area contributed by atoms with Crippen molar-refractivity contribution in [3.8, 4) is 0 Å². The fourth-order valence-electron chi connectivity index (χ4n) is 1.66. The molecule has 0 aliphatic rings. The van der Waals surface area contributed by atoms with Crippen molar-refractivity contribution in [2.24, 2.45) is 0 Å². The maximum atomic E-state index is 10.7. The van der Waals surface area contributed by atoms with E-state index in [1.807, 2.05) is 26.0 Å². The second-order valence-electron chi connectivity index (χ2n) is 4.26.